The maximum Gasteiger partial charge on any atom is 0.183 e. The summed E-state index contributed by atoms with van der Waals surface area (Å²) < 4.78 is 15.8. The fourth-order valence-electron chi connectivity index (χ4n) is 2.50. The second-order valence-corrected chi connectivity index (χ2v) is 7.00. The van der Waals surface area contributed by atoms with E-state index < -0.39 is 22.3 Å². The first kappa shape index (κ1) is 12.8. The average Bonchev–Trinajstić information content (AvgIpc) is 2.66. The lowest BCUT2D eigenvalue weighted by molar-refractivity contribution is -0.184. The Morgan fingerprint density at radius 1 is 1.06 bits per heavy atom. The van der Waals surface area contributed by atoms with Crippen molar-refractivity contribution >= 4 is 46.4 Å². The zero-order chi connectivity index (χ0) is 12.6. The molecule has 3 nitrogen and oxygen atoms in total. The van der Waals surface area contributed by atoms with Crippen LogP contribution < -0.4 is 0 Å². The normalized spacial score (nSPS) is 46.2. The lowest BCUT2D eigenvalue weighted by atomic mass is 10.1. The number of halogens is 4. The number of alkyl halides is 2. The Balaban J connectivity index is 2.04. The minimum absolute atomic E-state index is 0.197. The van der Waals surface area contributed by atoms with Gasteiger partial charge >= 0.3 is 0 Å². The van der Waals surface area contributed by atoms with E-state index in [4.69, 9.17) is 60.6 Å². The van der Waals surface area contributed by atoms with Gasteiger partial charge in [-0.15, -0.1) is 0 Å². The minimum atomic E-state index is -1.39. The molecule has 0 unspecified atom stereocenters. The zero-order valence-corrected chi connectivity index (χ0v) is 12.1. The van der Waals surface area contributed by atoms with Gasteiger partial charge in [0.05, 0.1) is 10.1 Å². The van der Waals surface area contributed by atoms with Crippen molar-refractivity contribution in [3.05, 3.63) is 10.1 Å². The van der Waals surface area contributed by atoms with E-state index in [1.807, 2.05) is 13.8 Å². The molecular weight excluding hydrogens is 310 g/mol. The van der Waals surface area contributed by atoms with Crippen molar-refractivity contribution < 1.29 is 14.2 Å². The lowest BCUT2D eigenvalue weighted by Crippen LogP contribution is -2.43. The molecule has 0 aromatic rings. The van der Waals surface area contributed by atoms with Gasteiger partial charge in [0.1, 0.15) is 24.4 Å². The maximum atomic E-state index is 6.20. The molecule has 7 heteroatoms. The largest absolute Gasteiger partial charge is 0.360 e. The topological polar surface area (TPSA) is 27.7 Å². The van der Waals surface area contributed by atoms with Crippen LogP contribution in [-0.4, -0.2) is 34.5 Å². The molecule has 0 N–H and O–H groups in total. The van der Waals surface area contributed by atoms with Crippen molar-refractivity contribution in [1.82, 2.24) is 0 Å². The SMILES string of the molecule is CC1(C)O[C@@H]2[C@H](O1)[C@@H]1O[C@H]2C(Cl)=C(Cl)C1(Cl)Cl. The Bertz CT molecular complexity index is 406. The van der Waals surface area contributed by atoms with Gasteiger partial charge in [0.2, 0.25) is 0 Å². The van der Waals surface area contributed by atoms with Gasteiger partial charge in [0.25, 0.3) is 0 Å². The number of rotatable bonds is 0. The van der Waals surface area contributed by atoms with E-state index in [1.54, 1.807) is 0 Å². The Kier molecular flexibility index (Phi) is 2.76. The first-order valence-electron chi connectivity index (χ1n) is 5.18. The summed E-state index contributed by atoms with van der Waals surface area (Å²) in [5, 5.41) is 0.491. The summed E-state index contributed by atoms with van der Waals surface area (Å²) in [6.07, 6.45) is -1.71. The number of hydrogen-bond donors (Lipinski definition) is 0. The highest BCUT2D eigenvalue weighted by Gasteiger charge is 2.65. The van der Waals surface area contributed by atoms with Gasteiger partial charge in [-0.3, -0.25) is 0 Å². The molecule has 0 aliphatic carbocycles. The third-order valence-corrected chi connectivity index (χ3v) is 5.17. The highest BCUT2D eigenvalue weighted by molar-refractivity contribution is 6.58. The molecule has 2 fully saturated rings. The predicted molar refractivity (Wildman–Crippen MR) is 65.7 cm³/mol. The first-order chi connectivity index (χ1) is 7.74. The molecule has 3 aliphatic rings. The van der Waals surface area contributed by atoms with Gasteiger partial charge < -0.3 is 14.2 Å². The summed E-state index contributed by atoms with van der Waals surface area (Å²) >= 11 is 24.6. The highest BCUT2D eigenvalue weighted by atomic mass is 35.5. The van der Waals surface area contributed by atoms with Crippen LogP contribution in [0, 0.1) is 0 Å². The second kappa shape index (κ2) is 3.66. The summed E-state index contributed by atoms with van der Waals surface area (Å²) in [7, 11) is 0. The molecule has 0 radical (unpaired) electrons. The fraction of sp³-hybridized carbons (Fsp3) is 0.800. The Hall–Kier alpha value is 0.780. The summed E-state index contributed by atoms with van der Waals surface area (Å²) in [5.41, 5.74) is 0. The van der Waals surface area contributed by atoms with Crippen LogP contribution in [0.1, 0.15) is 13.8 Å². The van der Waals surface area contributed by atoms with E-state index in [2.05, 4.69) is 0 Å². The van der Waals surface area contributed by atoms with Gasteiger partial charge in [0.15, 0.2) is 10.1 Å². The van der Waals surface area contributed by atoms with E-state index in [0.29, 0.717) is 5.03 Å². The van der Waals surface area contributed by atoms with E-state index >= 15 is 0 Å². The van der Waals surface area contributed by atoms with Crippen LogP contribution in [0.4, 0.5) is 0 Å². The Morgan fingerprint density at radius 3 is 2.29 bits per heavy atom. The van der Waals surface area contributed by atoms with E-state index in [1.165, 1.54) is 0 Å². The van der Waals surface area contributed by atoms with E-state index in [9.17, 15) is 0 Å². The smallest absolute Gasteiger partial charge is 0.183 e. The molecule has 17 heavy (non-hydrogen) atoms. The Morgan fingerprint density at radius 2 is 1.65 bits per heavy atom. The summed E-state index contributed by atoms with van der Waals surface area (Å²) in [5.74, 6) is -0.694. The van der Waals surface area contributed by atoms with Gasteiger partial charge in [-0.25, -0.2) is 0 Å². The van der Waals surface area contributed by atoms with Crippen LogP contribution in [0.3, 0.4) is 0 Å². The van der Waals surface area contributed by atoms with E-state index in [0.717, 1.165) is 0 Å². The zero-order valence-electron chi connectivity index (χ0n) is 9.05. The average molecular weight is 320 g/mol. The van der Waals surface area contributed by atoms with Crippen LogP contribution >= 0.6 is 46.4 Å². The van der Waals surface area contributed by atoms with Gasteiger partial charge in [0, 0.05) is 0 Å². The molecule has 3 rings (SSSR count). The molecule has 0 saturated carbocycles. The predicted octanol–water partition coefficient (Wildman–Crippen LogP) is 3.15. The van der Waals surface area contributed by atoms with Gasteiger partial charge in [-0.2, -0.15) is 0 Å². The van der Waals surface area contributed by atoms with Crippen LogP contribution in [0.25, 0.3) is 0 Å². The minimum Gasteiger partial charge on any atom is -0.360 e. The fourth-order valence-corrected chi connectivity index (χ4v) is 3.69. The standard InChI is InChI=1S/C10H10Cl4O3/c1-9(2)16-5-4-3(11)7(12)10(13,14)8(15-4)6(5)17-9/h4-6,8H,1-2H3/t4-,5-,6-,8-/m0/s1. The molecule has 2 bridgehead atoms. The van der Waals surface area contributed by atoms with E-state index in [-0.39, 0.29) is 17.2 Å². The number of hydrogen-bond acceptors (Lipinski definition) is 3. The van der Waals surface area contributed by atoms with Crippen molar-refractivity contribution in [1.29, 1.82) is 0 Å². The molecule has 0 spiro atoms. The van der Waals surface area contributed by atoms with Gasteiger partial charge in [-0.05, 0) is 13.8 Å². The molecule has 4 atom stereocenters. The summed E-state index contributed by atoms with van der Waals surface area (Å²) in [4.78, 5) is 0. The van der Waals surface area contributed by atoms with Crippen molar-refractivity contribution in [3.8, 4) is 0 Å². The van der Waals surface area contributed by atoms with Crippen molar-refractivity contribution in [3.63, 3.8) is 0 Å². The number of ether oxygens (including phenoxy) is 3. The summed E-state index contributed by atoms with van der Waals surface area (Å²) in [6.45, 7) is 3.65. The molecule has 0 amide bonds. The molecule has 2 saturated heterocycles. The molecule has 3 heterocycles. The van der Waals surface area contributed by atoms with Crippen LogP contribution in [0.2, 0.25) is 0 Å². The summed E-state index contributed by atoms with van der Waals surface area (Å²) in [6, 6.07) is 0. The van der Waals surface area contributed by atoms with Crippen molar-refractivity contribution in [2.45, 2.75) is 48.4 Å². The first-order valence-corrected chi connectivity index (χ1v) is 6.70. The molecule has 3 aliphatic heterocycles. The van der Waals surface area contributed by atoms with Crippen LogP contribution in [0.5, 0.6) is 0 Å². The van der Waals surface area contributed by atoms with Crippen LogP contribution in [-0.2, 0) is 14.2 Å². The molecular formula is C10H10Cl4O3. The van der Waals surface area contributed by atoms with Crippen molar-refractivity contribution in [2.24, 2.45) is 0 Å². The lowest BCUT2D eigenvalue weighted by Gasteiger charge is -2.34. The third-order valence-electron chi connectivity index (χ3n) is 3.16. The molecule has 0 aromatic carbocycles. The van der Waals surface area contributed by atoms with Gasteiger partial charge in [-0.1, -0.05) is 46.4 Å². The monoisotopic (exact) mass is 318 g/mol. The number of fused-ring (bicyclic) bond motifs is 5. The molecule has 0 aromatic heterocycles. The second-order valence-electron chi connectivity index (χ2n) is 4.83. The van der Waals surface area contributed by atoms with Crippen LogP contribution in [0.15, 0.2) is 10.1 Å². The molecule has 96 valence electrons. The Labute approximate surface area is 119 Å². The highest BCUT2D eigenvalue weighted by Crippen LogP contribution is 2.55. The maximum absolute atomic E-state index is 6.20. The third kappa shape index (κ3) is 1.68. The quantitative estimate of drug-likeness (QED) is 0.642. The van der Waals surface area contributed by atoms with Crippen molar-refractivity contribution in [2.75, 3.05) is 0 Å².